The van der Waals surface area contributed by atoms with Gasteiger partial charge >= 0.3 is 0 Å². The Kier molecular flexibility index (Phi) is 3.47. The van der Waals surface area contributed by atoms with Crippen molar-refractivity contribution in [3.63, 3.8) is 0 Å². The number of aromatic nitrogens is 2. The Morgan fingerprint density at radius 3 is 2.62 bits per heavy atom. The molecule has 0 unspecified atom stereocenters. The molecule has 1 aromatic carbocycles. The van der Waals surface area contributed by atoms with Crippen molar-refractivity contribution in [1.29, 1.82) is 0 Å². The second-order valence-electron chi connectivity index (χ2n) is 6.94. The van der Waals surface area contributed by atoms with Crippen LogP contribution in [0.2, 0.25) is 0 Å². The zero-order chi connectivity index (χ0) is 15.0. The van der Waals surface area contributed by atoms with Gasteiger partial charge in [0, 0.05) is 11.6 Å². The average Bonchev–Trinajstić information content (AvgIpc) is 2.88. The van der Waals surface area contributed by atoms with Gasteiger partial charge in [0.2, 0.25) is 0 Å². The molecule has 0 atom stereocenters. The van der Waals surface area contributed by atoms with E-state index in [1.165, 1.54) is 12.8 Å². The predicted molar refractivity (Wildman–Crippen MR) is 83.9 cm³/mol. The van der Waals surface area contributed by atoms with Crippen molar-refractivity contribution in [2.75, 3.05) is 5.73 Å². The predicted octanol–water partition coefficient (Wildman–Crippen LogP) is 4.31. The van der Waals surface area contributed by atoms with Crippen LogP contribution >= 0.6 is 0 Å². The van der Waals surface area contributed by atoms with E-state index in [2.05, 4.69) is 24.0 Å². The zero-order valence-electron chi connectivity index (χ0n) is 13.0. The van der Waals surface area contributed by atoms with Gasteiger partial charge in [-0.25, -0.2) is 0 Å². The molecule has 4 heteroatoms. The second kappa shape index (κ2) is 5.17. The lowest BCUT2D eigenvalue weighted by Crippen LogP contribution is -2.20. The first-order valence-electron chi connectivity index (χ1n) is 7.65. The second-order valence-corrected chi connectivity index (χ2v) is 6.94. The molecule has 1 saturated carbocycles. The van der Waals surface area contributed by atoms with E-state index in [9.17, 15) is 0 Å². The molecule has 1 aliphatic carbocycles. The van der Waals surface area contributed by atoms with Gasteiger partial charge in [-0.15, -0.1) is 0 Å². The van der Waals surface area contributed by atoms with Crippen molar-refractivity contribution in [3.05, 3.63) is 29.6 Å². The largest absolute Gasteiger partial charge is 0.398 e. The normalized spacial score (nSPS) is 18.8. The number of nitrogens with zero attached hydrogens (tertiary/aromatic N) is 2. The van der Waals surface area contributed by atoms with Crippen LogP contribution in [0.1, 0.15) is 56.8 Å². The topological polar surface area (TPSA) is 64.9 Å². The summed E-state index contributed by atoms with van der Waals surface area (Å²) in [5, 5.41) is 4.20. The Bertz CT molecular complexity index is 615. The molecule has 1 heterocycles. The van der Waals surface area contributed by atoms with Crippen LogP contribution in [0.5, 0.6) is 0 Å². The minimum absolute atomic E-state index is 0.417. The van der Waals surface area contributed by atoms with Gasteiger partial charge in [0.15, 0.2) is 5.82 Å². The van der Waals surface area contributed by atoms with E-state index in [1.807, 2.05) is 25.1 Å². The zero-order valence-corrected chi connectivity index (χ0v) is 13.0. The van der Waals surface area contributed by atoms with Gasteiger partial charge in [0.25, 0.3) is 5.89 Å². The third kappa shape index (κ3) is 2.80. The van der Waals surface area contributed by atoms with Crippen molar-refractivity contribution in [1.82, 2.24) is 10.1 Å². The first-order valence-corrected chi connectivity index (χ1v) is 7.65. The molecule has 2 aromatic rings. The summed E-state index contributed by atoms with van der Waals surface area (Å²) in [5.74, 6) is 1.80. The third-order valence-electron chi connectivity index (χ3n) is 4.66. The number of hydrogen-bond acceptors (Lipinski definition) is 4. The summed E-state index contributed by atoms with van der Waals surface area (Å²) in [6, 6.07) is 5.82. The van der Waals surface area contributed by atoms with E-state index in [4.69, 9.17) is 10.3 Å². The molecule has 1 aliphatic rings. The fourth-order valence-electron chi connectivity index (χ4n) is 3.14. The summed E-state index contributed by atoms with van der Waals surface area (Å²) < 4.78 is 5.48. The molecule has 21 heavy (non-hydrogen) atoms. The van der Waals surface area contributed by atoms with E-state index in [-0.39, 0.29) is 0 Å². The summed E-state index contributed by atoms with van der Waals surface area (Å²) in [5.41, 5.74) is 9.12. The maximum absolute atomic E-state index is 6.05. The smallest absolute Gasteiger partial charge is 0.260 e. The molecular weight excluding hydrogens is 262 g/mol. The number of nitrogens with two attached hydrogens (primary N) is 1. The van der Waals surface area contributed by atoms with Gasteiger partial charge in [-0.05, 0) is 49.7 Å². The van der Waals surface area contributed by atoms with Crippen LogP contribution in [-0.4, -0.2) is 10.1 Å². The van der Waals surface area contributed by atoms with Crippen LogP contribution in [0.25, 0.3) is 11.5 Å². The lowest BCUT2D eigenvalue weighted by atomic mass is 9.73. The van der Waals surface area contributed by atoms with Gasteiger partial charge in [0.05, 0.1) is 5.56 Å². The first-order chi connectivity index (χ1) is 9.96. The Balaban J connectivity index is 1.84. The summed E-state index contributed by atoms with van der Waals surface area (Å²) in [6.07, 6.45) is 4.70. The molecule has 1 aromatic heterocycles. The quantitative estimate of drug-likeness (QED) is 0.835. The Labute approximate surface area is 125 Å². The maximum Gasteiger partial charge on any atom is 0.260 e. The standard InChI is InChI=1S/C17H23N3O/c1-11-5-4-6-13(18)14(11)16-19-15(20-21-16)12-7-9-17(2,3)10-8-12/h4-6,12H,7-10,18H2,1-3H3. The number of hydrogen-bond donors (Lipinski definition) is 1. The van der Waals surface area contributed by atoms with Crippen molar-refractivity contribution >= 4 is 5.69 Å². The number of rotatable bonds is 2. The Hall–Kier alpha value is -1.84. The highest BCUT2D eigenvalue weighted by molar-refractivity contribution is 5.73. The first kappa shape index (κ1) is 14.1. The van der Waals surface area contributed by atoms with Crippen molar-refractivity contribution < 1.29 is 4.52 Å². The maximum atomic E-state index is 6.05. The Morgan fingerprint density at radius 1 is 1.24 bits per heavy atom. The molecule has 0 radical (unpaired) electrons. The van der Waals surface area contributed by atoms with E-state index in [0.29, 0.717) is 22.9 Å². The summed E-state index contributed by atoms with van der Waals surface area (Å²) in [6.45, 7) is 6.68. The van der Waals surface area contributed by atoms with Crippen molar-refractivity contribution in [2.45, 2.75) is 52.4 Å². The van der Waals surface area contributed by atoms with Crippen LogP contribution in [0.3, 0.4) is 0 Å². The summed E-state index contributed by atoms with van der Waals surface area (Å²) >= 11 is 0. The minimum Gasteiger partial charge on any atom is -0.398 e. The van der Waals surface area contributed by atoms with E-state index in [1.54, 1.807) is 0 Å². The summed E-state index contributed by atoms with van der Waals surface area (Å²) in [7, 11) is 0. The molecule has 2 N–H and O–H groups in total. The van der Waals surface area contributed by atoms with Crippen LogP contribution in [0.4, 0.5) is 5.69 Å². The molecule has 0 bridgehead atoms. The van der Waals surface area contributed by atoms with Gasteiger partial charge in [-0.3, -0.25) is 0 Å². The number of benzene rings is 1. The lowest BCUT2D eigenvalue weighted by molar-refractivity contribution is 0.218. The highest BCUT2D eigenvalue weighted by Crippen LogP contribution is 2.42. The van der Waals surface area contributed by atoms with E-state index in [0.717, 1.165) is 29.8 Å². The van der Waals surface area contributed by atoms with Crippen molar-refractivity contribution in [2.24, 2.45) is 5.41 Å². The molecule has 0 spiro atoms. The van der Waals surface area contributed by atoms with Gasteiger partial charge in [-0.2, -0.15) is 4.98 Å². The lowest BCUT2D eigenvalue weighted by Gasteiger charge is -2.32. The Morgan fingerprint density at radius 2 is 1.95 bits per heavy atom. The number of anilines is 1. The SMILES string of the molecule is Cc1cccc(N)c1-c1nc(C2CCC(C)(C)CC2)no1. The molecule has 1 fully saturated rings. The summed E-state index contributed by atoms with van der Waals surface area (Å²) in [4.78, 5) is 4.62. The fourth-order valence-corrected chi connectivity index (χ4v) is 3.14. The average molecular weight is 285 g/mol. The number of nitrogen functional groups attached to an aromatic ring is 1. The van der Waals surface area contributed by atoms with Gasteiger partial charge in [-0.1, -0.05) is 31.1 Å². The van der Waals surface area contributed by atoms with Crippen LogP contribution < -0.4 is 5.73 Å². The fraction of sp³-hybridized carbons (Fsp3) is 0.529. The third-order valence-corrected chi connectivity index (χ3v) is 4.66. The molecule has 112 valence electrons. The number of aryl methyl sites for hydroxylation is 1. The molecule has 4 nitrogen and oxygen atoms in total. The van der Waals surface area contributed by atoms with Crippen molar-refractivity contribution in [3.8, 4) is 11.5 Å². The molecular formula is C17H23N3O. The molecule has 3 rings (SSSR count). The van der Waals surface area contributed by atoms with E-state index < -0.39 is 0 Å². The molecule has 0 aliphatic heterocycles. The van der Waals surface area contributed by atoms with Crippen LogP contribution in [-0.2, 0) is 0 Å². The van der Waals surface area contributed by atoms with Crippen LogP contribution in [0.15, 0.2) is 22.7 Å². The van der Waals surface area contributed by atoms with E-state index >= 15 is 0 Å². The molecule has 0 saturated heterocycles. The minimum atomic E-state index is 0.417. The van der Waals surface area contributed by atoms with Gasteiger partial charge in [0.1, 0.15) is 0 Å². The van der Waals surface area contributed by atoms with Crippen LogP contribution in [0, 0.1) is 12.3 Å². The highest BCUT2D eigenvalue weighted by atomic mass is 16.5. The highest BCUT2D eigenvalue weighted by Gasteiger charge is 2.30. The monoisotopic (exact) mass is 285 g/mol. The van der Waals surface area contributed by atoms with Gasteiger partial charge < -0.3 is 10.3 Å². The molecule has 0 amide bonds.